The number of carbonyl (C=O) groups excluding carboxylic acids is 1. The molecule has 0 saturated carbocycles. The van der Waals surface area contributed by atoms with Crippen LogP contribution in [-0.4, -0.2) is 25.0 Å². The Bertz CT molecular complexity index is 416. The first kappa shape index (κ1) is 13.0. The third kappa shape index (κ3) is 3.29. The maximum atomic E-state index is 13.5. The zero-order chi connectivity index (χ0) is 13.0. The number of benzene rings is 1. The molecule has 2 atom stereocenters. The topological polar surface area (TPSA) is 41.1 Å². The highest BCUT2D eigenvalue weighted by Crippen LogP contribution is 2.13. The second-order valence-corrected chi connectivity index (χ2v) is 4.89. The van der Waals surface area contributed by atoms with E-state index >= 15 is 0 Å². The SMILES string of the molecule is CC(Cc1ccccc1F)C(=O)NC1CCNC1. The molecule has 1 heterocycles. The Balaban J connectivity index is 1.89. The van der Waals surface area contributed by atoms with Gasteiger partial charge in [-0.2, -0.15) is 0 Å². The van der Waals surface area contributed by atoms with Gasteiger partial charge in [0, 0.05) is 18.5 Å². The van der Waals surface area contributed by atoms with Crippen LogP contribution in [0.2, 0.25) is 0 Å². The lowest BCUT2D eigenvalue weighted by atomic mass is 9.99. The van der Waals surface area contributed by atoms with Crippen molar-refractivity contribution < 1.29 is 9.18 Å². The predicted octanol–water partition coefficient (Wildman–Crippen LogP) is 1.48. The first-order chi connectivity index (χ1) is 8.66. The zero-order valence-corrected chi connectivity index (χ0v) is 10.6. The first-order valence-electron chi connectivity index (χ1n) is 6.41. The molecule has 4 heteroatoms. The van der Waals surface area contributed by atoms with E-state index < -0.39 is 0 Å². The average molecular weight is 250 g/mol. The molecule has 98 valence electrons. The second kappa shape index (κ2) is 5.96. The van der Waals surface area contributed by atoms with Crippen LogP contribution < -0.4 is 10.6 Å². The summed E-state index contributed by atoms with van der Waals surface area (Å²) in [7, 11) is 0. The van der Waals surface area contributed by atoms with Crippen molar-refractivity contribution in [3.63, 3.8) is 0 Å². The van der Waals surface area contributed by atoms with Crippen molar-refractivity contribution in [1.82, 2.24) is 10.6 Å². The molecule has 3 nitrogen and oxygen atoms in total. The lowest BCUT2D eigenvalue weighted by molar-refractivity contribution is -0.125. The summed E-state index contributed by atoms with van der Waals surface area (Å²) in [5.41, 5.74) is 0.602. The number of carbonyl (C=O) groups is 1. The summed E-state index contributed by atoms with van der Waals surface area (Å²) in [5, 5.41) is 6.20. The third-order valence-corrected chi connectivity index (χ3v) is 3.34. The van der Waals surface area contributed by atoms with E-state index in [2.05, 4.69) is 10.6 Å². The van der Waals surface area contributed by atoms with E-state index in [4.69, 9.17) is 0 Å². The third-order valence-electron chi connectivity index (χ3n) is 3.34. The maximum Gasteiger partial charge on any atom is 0.223 e. The molecule has 0 bridgehead atoms. The first-order valence-corrected chi connectivity index (χ1v) is 6.41. The molecule has 1 aliphatic heterocycles. The molecule has 0 radical (unpaired) electrons. The van der Waals surface area contributed by atoms with Gasteiger partial charge < -0.3 is 10.6 Å². The van der Waals surface area contributed by atoms with Crippen molar-refractivity contribution in [1.29, 1.82) is 0 Å². The molecule has 2 N–H and O–H groups in total. The van der Waals surface area contributed by atoms with Crippen molar-refractivity contribution >= 4 is 5.91 Å². The predicted molar refractivity (Wildman–Crippen MR) is 68.7 cm³/mol. The number of rotatable bonds is 4. The highest BCUT2D eigenvalue weighted by atomic mass is 19.1. The van der Waals surface area contributed by atoms with E-state index in [1.807, 2.05) is 6.92 Å². The summed E-state index contributed by atoms with van der Waals surface area (Å²) in [6.07, 6.45) is 1.41. The highest BCUT2D eigenvalue weighted by Gasteiger charge is 2.21. The number of hydrogen-bond donors (Lipinski definition) is 2. The van der Waals surface area contributed by atoms with E-state index in [1.165, 1.54) is 6.07 Å². The van der Waals surface area contributed by atoms with Crippen LogP contribution in [0.25, 0.3) is 0 Å². The molecule has 1 saturated heterocycles. The molecular formula is C14H19FN2O. The number of amides is 1. The van der Waals surface area contributed by atoms with Gasteiger partial charge in [-0.25, -0.2) is 4.39 Å². The molecule has 2 unspecified atom stereocenters. The van der Waals surface area contributed by atoms with Crippen LogP contribution in [-0.2, 0) is 11.2 Å². The Kier molecular flexibility index (Phi) is 4.31. The fourth-order valence-corrected chi connectivity index (χ4v) is 2.21. The maximum absolute atomic E-state index is 13.5. The van der Waals surface area contributed by atoms with Crippen molar-refractivity contribution in [2.75, 3.05) is 13.1 Å². The summed E-state index contributed by atoms with van der Waals surface area (Å²) in [5.74, 6) is -0.436. The fourth-order valence-electron chi connectivity index (χ4n) is 2.21. The Labute approximate surface area is 107 Å². The smallest absolute Gasteiger partial charge is 0.223 e. The van der Waals surface area contributed by atoms with Crippen molar-refractivity contribution in [3.8, 4) is 0 Å². The molecule has 1 fully saturated rings. The Hall–Kier alpha value is -1.42. The monoisotopic (exact) mass is 250 g/mol. The summed E-state index contributed by atoms with van der Waals surface area (Å²) in [4.78, 5) is 12.0. The van der Waals surface area contributed by atoms with Gasteiger partial charge in [-0.15, -0.1) is 0 Å². The molecule has 1 aromatic carbocycles. The van der Waals surface area contributed by atoms with Gasteiger partial charge in [0.1, 0.15) is 5.82 Å². The van der Waals surface area contributed by atoms with Gasteiger partial charge in [0.05, 0.1) is 0 Å². The number of hydrogen-bond acceptors (Lipinski definition) is 2. The number of nitrogens with one attached hydrogen (secondary N) is 2. The normalized spacial score (nSPS) is 20.7. The van der Waals surface area contributed by atoms with Crippen LogP contribution >= 0.6 is 0 Å². The minimum Gasteiger partial charge on any atom is -0.352 e. The van der Waals surface area contributed by atoms with E-state index in [0.717, 1.165) is 19.5 Å². The van der Waals surface area contributed by atoms with Crippen LogP contribution in [0.3, 0.4) is 0 Å². The van der Waals surface area contributed by atoms with Crippen LogP contribution in [0.1, 0.15) is 18.9 Å². The summed E-state index contributed by atoms with van der Waals surface area (Å²) in [6, 6.07) is 6.84. The van der Waals surface area contributed by atoms with Gasteiger partial charge in [-0.1, -0.05) is 25.1 Å². The largest absolute Gasteiger partial charge is 0.352 e. The molecule has 1 aliphatic rings. The molecule has 18 heavy (non-hydrogen) atoms. The van der Waals surface area contributed by atoms with Gasteiger partial charge in [0.15, 0.2) is 0 Å². The fraction of sp³-hybridized carbons (Fsp3) is 0.500. The Morgan fingerprint density at radius 3 is 3.00 bits per heavy atom. The van der Waals surface area contributed by atoms with Gasteiger partial charge in [-0.3, -0.25) is 4.79 Å². The van der Waals surface area contributed by atoms with E-state index in [-0.39, 0.29) is 23.7 Å². The zero-order valence-electron chi connectivity index (χ0n) is 10.6. The Morgan fingerprint density at radius 2 is 2.33 bits per heavy atom. The van der Waals surface area contributed by atoms with E-state index in [0.29, 0.717) is 12.0 Å². The van der Waals surface area contributed by atoms with E-state index in [9.17, 15) is 9.18 Å². The minimum atomic E-state index is -0.236. The van der Waals surface area contributed by atoms with Crippen LogP contribution in [0.15, 0.2) is 24.3 Å². The van der Waals surface area contributed by atoms with Gasteiger partial charge in [-0.05, 0) is 31.0 Å². The van der Waals surface area contributed by atoms with Crippen LogP contribution in [0.4, 0.5) is 4.39 Å². The van der Waals surface area contributed by atoms with E-state index in [1.54, 1.807) is 18.2 Å². The molecule has 2 rings (SSSR count). The quantitative estimate of drug-likeness (QED) is 0.850. The second-order valence-electron chi connectivity index (χ2n) is 4.89. The minimum absolute atomic E-state index is 0.00644. The standard InChI is InChI=1S/C14H19FN2O/c1-10(8-11-4-2-3-5-13(11)15)14(18)17-12-6-7-16-9-12/h2-5,10,12,16H,6-9H2,1H3,(H,17,18). The van der Waals surface area contributed by atoms with Crippen molar-refractivity contribution in [2.24, 2.45) is 5.92 Å². The molecule has 1 amide bonds. The number of halogens is 1. The molecule has 1 aromatic rings. The van der Waals surface area contributed by atoms with Crippen LogP contribution in [0.5, 0.6) is 0 Å². The molecular weight excluding hydrogens is 231 g/mol. The Morgan fingerprint density at radius 1 is 1.56 bits per heavy atom. The summed E-state index contributed by atoms with van der Waals surface area (Å²) < 4.78 is 13.5. The summed E-state index contributed by atoms with van der Waals surface area (Å²) in [6.45, 7) is 3.62. The average Bonchev–Trinajstić information content (AvgIpc) is 2.84. The van der Waals surface area contributed by atoms with Gasteiger partial charge in [0.2, 0.25) is 5.91 Å². The lowest BCUT2D eigenvalue weighted by Gasteiger charge is -2.16. The van der Waals surface area contributed by atoms with Crippen molar-refractivity contribution in [2.45, 2.75) is 25.8 Å². The molecule has 0 spiro atoms. The van der Waals surface area contributed by atoms with Crippen molar-refractivity contribution in [3.05, 3.63) is 35.6 Å². The lowest BCUT2D eigenvalue weighted by Crippen LogP contribution is -2.39. The summed E-state index contributed by atoms with van der Waals surface area (Å²) >= 11 is 0. The van der Waals surface area contributed by atoms with Gasteiger partial charge >= 0.3 is 0 Å². The molecule has 0 aliphatic carbocycles. The van der Waals surface area contributed by atoms with Gasteiger partial charge in [0.25, 0.3) is 0 Å². The highest BCUT2D eigenvalue weighted by molar-refractivity contribution is 5.79. The molecule has 0 aromatic heterocycles. The van der Waals surface area contributed by atoms with Crippen LogP contribution in [0, 0.1) is 11.7 Å².